The van der Waals surface area contributed by atoms with Gasteiger partial charge in [-0.2, -0.15) is 0 Å². The number of hydrogen-bond acceptors (Lipinski definition) is 2. The Bertz CT molecular complexity index is 3070. The first-order valence-corrected chi connectivity index (χ1v) is 13.2. The van der Waals surface area contributed by atoms with Gasteiger partial charge in [-0.1, -0.05) is 127 Å². The SMILES string of the molecule is [2H]c1c([2H])c([2H])c(-c2c3c([2H])c([2H])c([2H])c([2H])c3c(-c3cc4cc(-c5ccccc5)oc4c4c3oc3ccccc34)c3c([2H])c([2H])c([2H])c([2H])c23)c([2H])c1[2H]. The Morgan fingerprint density at radius 3 is 1.81 bits per heavy atom. The molecule has 9 rings (SSSR count). The standard InChI is InChI=1S/C40H24O2/c1-3-13-25(14-4-1)35-24-27-23-33(40-38(39(27)42-35)32-21-11-12-22-34(32)41-40)37-30-19-9-7-17-28(30)36(26-15-5-2-6-16-26)29-18-8-10-20-31(29)37/h1-24H/i2D,5D,6D,7D,8D,9D,10D,15D,16D,17D,18D,19D,20D. The summed E-state index contributed by atoms with van der Waals surface area (Å²) in [6.45, 7) is 0. The lowest BCUT2D eigenvalue weighted by Crippen LogP contribution is -1.91. The number of para-hydroxylation sites is 1. The molecule has 0 unspecified atom stereocenters. The Labute approximate surface area is 260 Å². The summed E-state index contributed by atoms with van der Waals surface area (Å²) in [4.78, 5) is 0. The number of benzene rings is 7. The Morgan fingerprint density at radius 1 is 0.476 bits per heavy atom. The summed E-state index contributed by atoms with van der Waals surface area (Å²) in [5, 5.41) is 0.758. The quantitative estimate of drug-likeness (QED) is 0.205. The molecule has 0 aliphatic rings. The monoisotopic (exact) mass is 549 g/mol. The van der Waals surface area contributed by atoms with Crippen LogP contribution in [0.25, 0.3) is 88.0 Å². The molecule has 0 amide bonds. The van der Waals surface area contributed by atoms with E-state index < -0.39 is 84.1 Å². The zero-order valence-corrected chi connectivity index (χ0v) is 21.7. The lowest BCUT2D eigenvalue weighted by molar-refractivity contribution is 0.633. The van der Waals surface area contributed by atoms with Gasteiger partial charge in [-0.3, -0.25) is 0 Å². The van der Waals surface area contributed by atoms with Crippen LogP contribution in [0.15, 0.2) is 154 Å². The summed E-state index contributed by atoms with van der Waals surface area (Å²) in [6.07, 6.45) is 0. The van der Waals surface area contributed by atoms with Crippen LogP contribution in [0.5, 0.6) is 0 Å². The number of hydrogen-bond donors (Lipinski definition) is 0. The molecule has 0 saturated heterocycles. The summed E-state index contributed by atoms with van der Waals surface area (Å²) in [5.74, 6) is 0.523. The lowest BCUT2D eigenvalue weighted by Gasteiger charge is -2.18. The molecule has 0 fully saturated rings. The van der Waals surface area contributed by atoms with Crippen molar-refractivity contribution in [2.75, 3.05) is 0 Å². The second-order valence-electron chi connectivity index (χ2n) is 9.87. The van der Waals surface area contributed by atoms with Crippen LogP contribution in [0.4, 0.5) is 0 Å². The highest BCUT2D eigenvalue weighted by atomic mass is 16.3. The predicted octanol–water partition coefficient (Wildman–Crippen LogP) is 11.6. The van der Waals surface area contributed by atoms with Crippen LogP contribution in [0.3, 0.4) is 0 Å². The minimum absolute atomic E-state index is 0.0199. The maximum Gasteiger partial charge on any atom is 0.147 e. The second-order valence-corrected chi connectivity index (χ2v) is 9.87. The fourth-order valence-corrected chi connectivity index (χ4v) is 5.84. The first kappa shape index (κ1) is 13.8. The molecule has 0 atom stereocenters. The molecule has 2 nitrogen and oxygen atoms in total. The molecular weight excluding hydrogens is 512 g/mol. The number of fused-ring (bicyclic) bond motifs is 7. The molecule has 196 valence electrons. The van der Waals surface area contributed by atoms with Gasteiger partial charge in [0.1, 0.15) is 22.5 Å². The van der Waals surface area contributed by atoms with E-state index in [1.54, 1.807) is 18.2 Å². The predicted molar refractivity (Wildman–Crippen MR) is 175 cm³/mol. The normalized spacial score (nSPS) is 16.1. The number of rotatable bonds is 3. The average molecular weight is 550 g/mol. The summed E-state index contributed by atoms with van der Waals surface area (Å²) >= 11 is 0. The molecule has 2 aromatic heterocycles. The lowest BCUT2D eigenvalue weighted by atomic mass is 9.85. The molecular formula is C40H24O2. The van der Waals surface area contributed by atoms with Crippen LogP contribution in [0.1, 0.15) is 17.8 Å². The summed E-state index contributed by atoms with van der Waals surface area (Å²) in [6, 6.07) is 11.4. The van der Waals surface area contributed by atoms with Gasteiger partial charge in [0.25, 0.3) is 0 Å². The van der Waals surface area contributed by atoms with Gasteiger partial charge in [-0.05, 0) is 50.9 Å². The molecule has 0 aliphatic heterocycles. The zero-order valence-electron chi connectivity index (χ0n) is 34.7. The molecule has 0 radical (unpaired) electrons. The van der Waals surface area contributed by atoms with E-state index in [0.717, 1.165) is 5.56 Å². The largest absolute Gasteiger partial charge is 0.455 e. The van der Waals surface area contributed by atoms with Gasteiger partial charge in [0.2, 0.25) is 0 Å². The van der Waals surface area contributed by atoms with E-state index in [2.05, 4.69) is 0 Å². The molecule has 0 aliphatic carbocycles. The molecule has 0 N–H and O–H groups in total. The third-order valence-corrected chi connectivity index (χ3v) is 7.58. The average Bonchev–Trinajstić information content (AvgIpc) is 3.80. The van der Waals surface area contributed by atoms with Crippen LogP contribution in [-0.4, -0.2) is 0 Å². The Morgan fingerprint density at radius 2 is 1.10 bits per heavy atom. The topological polar surface area (TPSA) is 26.3 Å². The maximum absolute atomic E-state index is 9.36. The maximum atomic E-state index is 9.36. The molecule has 0 bridgehead atoms. The van der Waals surface area contributed by atoms with Crippen molar-refractivity contribution >= 4 is 54.5 Å². The molecule has 9 aromatic rings. The van der Waals surface area contributed by atoms with Gasteiger partial charge in [-0.25, -0.2) is 0 Å². The highest BCUT2D eigenvalue weighted by molar-refractivity contribution is 6.27. The van der Waals surface area contributed by atoms with Crippen molar-refractivity contribution in [1.82, 2.24) is 0 Å². The first-order chi connectivity index (χ1) is 26.2. The van der Waals surface area contributed by atoms with Gasteiger partial charge in [-0.15, -0.1) is 0 Å². The van der Waals surface area contributed by atoms with Crippen molar-refractivity contribution in [3.63, 3.8) is 0 Å². The minimum Gasteiger partial charge on any atom is -0.455 e. The van der Waals surface area contributed by atoms with E-state index in [0.29, 0.717) is 33.1 Å². The molecule has 0 spiro atoms. The van der Waals surface area contributed by atoms with Crippen LogP contribution >= 0.6 is 0 Å². The third-order valence-electron chi connectivity index (χ3n) is 7.58. The summed E-state index contributed by atoms with van der Waals surface area (Å²) in [5.41, 5.74) is 1.28. The Kier molecular flexibility index (Phi) is 2.95. The smallest absolute Gasteiger partial charge is 0.147 e. The van der Waals surface area contributed by atoms with Crippen LogP contribution in [-0.2, 0) is 0 Å². The van der Waals surface area contributed by atoms with Crippen LogP contribution in [0, 0.1) is 0 Å². The molecule has 7 aromatic carbocycles. The van der Waals surface area contributed by atoms with Gasteiger partial charge >= 0.3 is 0 Å². The van der Waals surface area contributed by atoms with E-state index in [1.807, 2.05) is 48.5 Å². The fourth-order valence-electron chi connectivity index (χ4n) is 5.84. The fraction of sp³-hybridized carbons (Fsp3) is 0. The Balaban J connectivity index is 1.61. The third kappa shape index (κ3) is 3.33. The zero-order chi connectivity index (χ0) is 38.9. The van der Waals surface area contributed by atoms with Crippen molar-refractivity contribution in [3.8, 4) is 33.6 Å². The molecule has 2 heteroatoms. The first-order valence-electron chi connectivity index (χ1n) is 19.7. The number of furan rings is 2. The molecule has 2 heterocycles. The van der Waals surface area contributed by atoms with Crippen LogP contribution < -0.4 is 0 Å². The molecule has 0 saturated carbocycles. The van der Waals surface area contributed by atoms with Crippen molar-refractivity contribution in [1.29, 1.82) is 0 Å². The van der Waals surface area contributed by atoms with Gasteiger partial charge < -0.3 is 8.83 Å². The summed E-state index contributed by atoms with van der Waals surface area (Å²) in [7, 11) is 0. The van der Waals surface area contributed by atoms with E-state index in [4.69, 9.17) is 21.2 Å². The molecule has 42 heavy (non-hydrogen) atoms. The van der Waals surface area contributed by atoms with Gasteiger partial charge in [0.05, 0.1) is 23.2 Å². The van der Waals surface area contributed by atoms with Crippen molar-refractivity contribution in [2.45, 2.75) is 0 Å². The van der Waals surface area contributed by atoms with E-state index in [1.165, 1.54) is 0 Å². The van der Waals surface area contributed by atoms with Gasteiger partial charge in [0, 0.05) is 27.5 Å². The van der Waals surface area contributed by atoms with E-state index >= 15 is 0 Å². The van der Waals surface area contributed by atoms with Gasteiger partial charge in [0.15, 0.2) is 0 Å². The highest BCUT2D eigenvalue weighted by Crippen LogP contribution is 2.49. The van der Waals surface area contributed by atoms with Crippen molar-refractivity contribution in [2.24, 2.45) is 0 Å². The van der Waals surface area contributed by atoms with E-state index in [-0.39, 0.29) is 43.8 Å². The Hall–Kier alpha value is -5.60. The second kappa shape index (κ2) is 8.95. The highest BCUT2D eigenvalue weighted by Gasteiger charge is 2.23. The van der Waals surface area contributed by atoms with Crippen LogP contribution in [0.2, 0.25) is 0 Å². The van der Waals surface area contributed by atoms with E-state index in [9.17, 15) is 5.48 Å². The van der Waals surface area contributed by atoms with Crippen molar-refractivity contribution in [3.05, 3.63) is 145 Å². The van der Waals surface area contributed by atoms with Crippen molar-refractivity contribution < 1.29 is 26.7 Å². The minimum atomic E-state index is -0.730. The summed E-state index contributed by atoms with van der Waals surface area (Å²) < 4.78 is 128.